The molecular formula is C26H36N4O3. The summed E-state index contributed by atoms with van der Waals surface area (Å²) in [5, 5.41) is 3.07. The van der Waals surface area contributed by atoms with E-state index < -0.39 is 11.3 Å². The van der Waals surface area contributed by atoms with E-state index in [0.29, 0.717) is 13.1 Å². The normalized spacial score (nSPS) is 14.8. The number of nitrogens with one attached hydrogen (secondary N) is 1. The molecule has 1 fully saturated rings. The fourth-order valence-electron chi connectivity index (χ4n) is 4.28. The number of nitrogens with zero attached hydrogens (tertiary/aromatic N) is 3. The zero-order valence-electron chi connectivity index (χ0n) is 19.9. The summed E-state index contributed by atoms with van der Waals surface area (Å²) in [4.78, 5) is 45.4. The summed E-state index contributed by atoms with van der Waals surface area (Å²) in [6.45, 7) is 2.98. The summed E-state index contributed by atoms with van der Waals surface area (Å²) < 4.78 is 1.72. The van der Waals surface area contributed by atoms with E-state index in [1.54, 1.807) is 35.1 Å². The van der Waals surface area contributed by atoms with Crippen molar-refractivity contribution in [3.8, 4) is 0 Å². The summed E-state index contributed by atoms with van der Waals surface area (Å²) in [5.41, 5.74) is 0.312. The third-order valence-corrected chi connectivity index (χ3v) is 6.26. The van der Waals surface area contributed by atoms with E-state index in [1.807, 2.05) is 18.2 Å². The predicted octanol–water partition coefficient (Wildman–Crippen LogP) is 4.01. The van der Waals surface area contributed by atoms with Gasteiger partial charge in [0.05, 0.1) is 12.2 Å². The van der Waals surface area contributed by atoms with Gasteiger partial charge < -0.3 is 14.8 Å². The molecule has 0 bridgehead atoms. The fourth-order valence-corrected chi connectivity index (χ4v) is 4.28. The molecule has 2 amide bonds. The van der Waals surface area contributed by atoms with Crippen LogP contribution in [0, 0.1) is 0 Å². The third kappa shape index (κ3) is 7.01. The Labute approximate surface area is 196 Å². The van der Waals surface area contributed by atoms with Crippen LogP contribution >= 0.6 is 0 Å². The Morgan fingerprint density at radius 2 is 1.79 bits per heavy atom. The first-order chi connectivity index (χ1) is 16.0. The summed E-state index contributed by atoms with van der Waals surface area (Å²) in [7, 11) is 1.70. The molecule has 2 heterocycles. The molecule has 1 aliphatic rings. The van der Waals surface area contributed by atoms with E-state index in [-0.39, 0.29) is 23.1 Å². The van der Waals surface area contributed by atoms with Crippen LogP contribution in [0.5, 0.6) is 0 Å². The maximum absolute atomic E-state index is 13.3. The molecule has 178 valence electrons. The zero-order chi connectivity index (χ0) is 23.6. The smallest absolute Gasteiger partial charge is 0.259 e. The number of carbonyl (C=O) groups is 2. The first-order valence-corrected chi connectivity index (χ1v) is 12.2. The number of amides is 2. The van der Waals surface area contributed by atoms with Gasteiger partial charge in [-0.2, -0.15) is 0 Å². The molecule has 1 aliphatic carbocycles. The molecule has 0 saturated heterocycles. The monoisotopic (exact) mass is 452 g/mol. The van der Waals surface area contributed by atoms with E-state index >= 15 is 0 Å². The van der Waals surface area contributed by atoms with Crippen LogP contribution in [-0.2, 0) is 6.54 Å². The van der Waals surface area contributed by atoms with Crippen LogP contribution in [0.2, 0.25) is 0 Å². The molecule has 0 aromatic carbocycles. The van der Waals surface area contributed by atoms with E-state index in [9.17, 15) is 14.4 Å². The minimum absolute atomic E-state index is 0.0164. The Balaban J connectivity index is 1.91. The van der Waals surface area contributed by atoms with Gasteiger partial charge >= 0.3 is 0 Å². The molecule has 3 rings (SSSR count). The van der Waals surface area contributed by atoms with Gasteiger partial charge in [-0.3, -0.25) is 19.4 Å². The number of carbonyl (C=O) groups excluding carboxylic acids is 2. The van der Waals surface area contributed by atoms with Crippen LogP contribution < -0.4 is 10.7 Å². The minimum Gasteiger partial charge on any atom is -0.349 e. The first kappa shape index (κ1) is 24.7. The van der Waals surface area contributed by atoms with Crippen LogP contribution in [0.3, 0.4) is 0 Å². The highest BCUT2D eigenvalue weighted by Gasteiger charge is 2.23. The van der Waals surface area contributed by atoms with Crippen molar-refractivity contribution in [2.24, 2.45) is 0 Å². The van der Waals surface area contributed by atoms with E-state index in [4.69, 9.17) is 0 Å². The van der Waals surface area contributed by atoms with Crippen molar-refractivity contribution in [2.45, 2.75) is 77.3 Å². The molecule has 2 aromatic rings. The average molecular weight is 453 g/mol. The number of unbranched alkanes of at least 4 members (excludes halogenated alkanes) is 1. The van der Waals surface area contributed by atoms with Crippen molar-refractivity contribution in [1.82, 2.24) is 19.8 Å². The number of rotatable bonds is 8. The van der Waals surface area contributed by atoms with Crippen molar-refractivity contribution in [2.75, 3.05) is 13.6 Å². The molecular weight excluding hydrogens is 416 g/mol. The van der Waals surface area contributed by atoms with Crippen molar-refractivity contribution in [1.29, 1.82) is 0 Å². The molecule has 1 saturated carbocycles. The van der Waals surface area contributed by atoms with Gasteiger partial charge in [0, 0.05) is 38.2 Å². The van der Waals surface area contributed by atoms with Crippen LogP contribution in [0.15, 0.2) is 41.6 Å². The Kier molecular flexibility index (Phi) is 9.22. The minimum atomic E-state index is -0.510. The lowest BCUT2D eigenvalue weighted by Crippen LogP contribution is -2.40. The molecule has 0 spiro atoms. The molecule has 1 N–H and O–H groups in total. The van der Waals surface area contributed by atoms with Gasteiger partial charge in [-0.15, -0.1) is 0 Å². The number of aromatic nitrogens is 2. The second-order valence-corrected chi connectivity index (χ2v) is 9.00. The molecule has 0 radical (unpaired) electrons. The Morgan fingerprint density at radius 1 is 1.09 bits per heavy atom. The molecule has 0 atom stereocenters. The van der Waals surface area contributed by atoms with Gasteiger partial charge in [0.1, 0.15) is 11.1 Å². The maximum Gasteiger partial charge on any atom is 0.259 e. The predicted molar refractivity (Wildman–Crippen MR) is 129 cm³/mol. The summed E-state index contributed by atoms with van der Waals surface area (Å²) >= 11 is 0. The lowest BCUT2D eigenvalue weighted by atomic mass is 9.96. The van der Waals surface area contributed by atoms with Crippen LogP contribution in [0.1, 0.15) is 91.1 Å². The van der Waals surface area contributed by atoms with E-state index in [0.717, 1.165) is 44.2 Å². The maximum atomic E-state index is 13.3. The second-order valence-electron chi connectivity index (χ2n) is 9.00. The molecule has 7 heteroatoms. The zero-order valence-corrected chi connectivity index (χ0v) is 19.9. The third-order valence-electron chi connectivity index (χ3n) is 6.26. The number of hydrogen-bond donors (Lipinski definition) is 1. The Hall–Kier alpha value is -2.96. The Morgan fingerprint density at radius 3 is 2.45 bits per heavy atom. The average Bonchev–Trinajstić information content (AvgIpc) is 2.80. The number of pyridine rings is 2. The lowest BCUT2D eigenvalue weighted by molar-refractivity contribution is 0.0791. The highest BCUT2D eigenvalue weighted by Crippen LogP contribution is 2.17. The van der Waals surface area contributed by atoms with Gasteiger partial charge in [0.25, 0.3) is 11.8 Å². The van der Waals surface area contributed by atoms with Gasteiger partial charge in [0.2, 0.25) is 5.43 Å². The highest BCUT2D eigenvalue weighted by molar-refractivity contribution is 5.99. The molecule has 33 heavy (non-hydrogen) atoms. The molecule has 0 unspecified atom stereocenters. The van der Waals surface area contributed by atoms with Crippen molar-refractivity contribution in [3.05, 3.63) is 63.8 Å². The van der Waals surface area contributed by atoms with Crippen molar-refractivity contribution < 1.29 is 9.59 Å². The van der Waals surface area contributed by atoms with Crippen molar-refractivity contribution >= 4 is 11.8 Å². The van der Waals surface area contributed by atoms with Crippen LogP contribution in [-0.4, -0.2) is 45.9 Å². The van der Waals surface area contributed by atoms with Gasteiger partial charge in [-0.25, -0.2) is 0 Å². The summed E-state index contributed by atoms with van der Waals surface area (Å²) in [6.07, 6.45) is 14.2. The largest absolute Gasteiger partial charge is 0.349 e. The quantitative estimate of drug-likeness (QED) is 0.656. The lowest BCUT2D eigenvalue weighted by Gasteiger charge is -2.22. The fraction of sp³-hybridized carbons (Fsp3) is 0.538. The highest BCUT2D eigenvalue weighted by atomic mass is 16.2. The summed E-state index contributed by atoms with van der Waals surface area (Å²) in [5.74, 6) is -0.755. The SMILES string of the molecule is CCCCN(C)C(=O)c1cn(Cc2ccccn2)cc(C(=O)NC2CCCCCCC2)c1=O. The summed E-state index contributed by atoms with van der Waals surface area (Å²) in [6, 6.07) is 5.66. The first-order valence-electron chi connectivity index (χ1n) is 12.2. The second kappa shape index (κ2) is 12.3. The van der Waals surface area contributed by atoms with Crippen LogP contribution in [0.25, 0.3) is 0 Å². The molecule has 2 aromatic heterocycles. The van der Waals surface area contributed by atoms with Crippen molar-refractivity contribution in [3.63, 3.8) is 0 Å². The van der Waals surface area contributed by atoms with Gasteiger partial charge in [-0.1, -0.05) is 51.5 Å². The topological polar surface area (TPSA) is 84.3 Å². The van der Waals surface area contributed by atoms with E-state index in [2.05, 4.69) is 17.2 Å². The van der Waals surface area contributed by atoms with E-state index in [1.165, 1.54) is 19.3 Å². The van der Waals surface area contributed by atoms with Gasteiger partial charge in [0.15, 0.2) is 0 Å². The molecule has 0 aliphatic heterocycles. The molecule has 7 nitrogen and oxygen atoms in total. The number of hydrogen-bond acceptors (Lipinski definition) is 4. The Bertz CT molecular complexity index is 979. The van der Waals surface area contributed by atoms with Gasteiger partial charge in [-0.05, 0) is 31.4 Å². The van der Waals surface area contributed by atoms with Crippen LogP contribution in [0.4, 0.5) is 0 Å². The standard InChI is InChI=1S/C26H36N4O3/c1-3-4-16-29(2)26(33)23-19-30(17-21-14-10-11-15-27-21)18-22(24(23)31)25(32)28-20-12-8-6-5-7-9-13-20/h10-11,14-15,18-20H,3-9,12-13,16-17H2,1-2H3,(H,28,32).